The fourth-order valence-electron chi connectivity index (χ4n) is 4.81. The molecule has 0 aliphatic carbocycles. The number of rotatable bonds is 5. The summed E-state index contributed by atoms with van der Waals surface area (Å²) in [6.07, 6.45) is 1.89. The number of fused-ring (bicyclic) bond motifs is 1. The van der Waals surface area contributed by atoms with Crippen LogP contribution in [0.15, 0.2) is 75.7 Å². The summed E-state index contributed by atoms with van der Waals surface area (Å²) in [5.74, 6) is -0.491. The molecule has 1 atom stereocenters. The first kappa shape index (κ1) is 26.2. The van der Waals surface area contributed by atoms with E-state index in [-0.39, 0.29) is 12.2 Å². The molecular weight excluding hydrogens is 541 g/mol. The lowest BCUT2D eigenvalue weighted by molar-refractivity contribution is -0.139. The van der Waals surface area contributed by atoms with Crippen molar-refractivity contribution >= 4 is 46.6 Å². The van der Waals surface area contributed by atoms with Gasteiger partial charge in [-0.25, -0.2) is 9.79 Å². The van der Waals surface area contributed by atoms with Crippen LogP contribution in [0.5, 0.6) is 0 Å². The number of hydrogen-bond donors (Lipinski definition) is 0. The van der Waals surface area contributed by atoms with E-state index in [9.17, 15) is 9.59 Å². The van der Waals surface area contributed by atoms with Crippen LogP contribution in [-0.4, -0.2) is 21.7 Å². The highest BCUT2D eigenvalue weighted by molar-refractivity contribution is 7.07. The van der Waals surface area contributed by atoms with Crippen molar-refractivity contribution < 1.29 is 9.53 Å². The van der Waals surface area contributed by atoms with Gasteiger partial charge >= 0.3 is 5.97 Å². The number of ether oxygens (including phenoxy) is 1. The van der Waals surface area contributed by atoms with Crippen LogP contribution in [-0.2, 0) is 9.53 Å². The number of nitrogens with zero attached hydrogens (tertiary/aromatic N) is 3. The Morgan fingerprint density at radius 1 is 1.05 bits per heavy atom. The average Bonchev–Trinajstić information content (AvgIpc) is 3.34. The second-order valence-electron chi connectivity index (χ2n) is 8.99. The molecule has 6 nitrogen and oxygen atoms in total. The van der Waals surface area contributed by atoms with Crippen molar-refractivity contribution in [2.24, 2.45) is 4.99 Å². The van der Waals surface area contributed by atoms with E-state index in [1.54, 1.807) is 30.5 Å². The molecule has 0 N–H and O–H groups in total. The van der Waals surface area contributed by atoms with Crippen LogP contribution >= 0.6 is 34.5 Å². The van der Waals surface area contributed by atoms with E-state index in [1.165, 1.54) is 11.3 Å². The monoisotopic (exact) mass is 565 g/mol. The molecule has 0 bridgehead atoms. The number of benzene rings is 2. The van der Waals surface area contributed by atoms with Gasteiger partial charge in [0.25, 0.3) is 5.56 Å². The largest absolute Gasteiger partial charge is 0.463 e. The maximum absolute atomic E-state index is 13.9. The molecule has 1 aliphatic heterocycles. The van der Waals surface area contributed by atoms with Crippen LogP contribution in [0.4, 0.5) is 0 Å². The molecule has 194 valence electrons. The zero-order valence-electron chi connectivity index (χ0n) is 21.3. The number of carbonyl (C=O) groups excluding carboxylic acids is 1. The molecule has 0 saturated heterocycles. The molecule has 1 unspecified atom stereocenters. The minimum atomic E-state index is -0.675. The third-order valence-corrected chi connectivity index (χ3v) is 8.03. The van der Waals surface area contributed by atoms with Gasteiger partial charge in [0.1, 0.15) is 0 Å². The highest BCUT2D eigenvalue weighted by Gasteiger charge is 2.33. The zero-order valence-corrected chi connectivity index (χ0v) is 23.6. The number of aromatic nitrogens is 2. The number of esters is 1. The van der Waals surface area contributed by atoms with Crippen molar-refractivity contribution in [2.45, 2.75) is 33.7 Å². The summed E-state index contributed by atoms with van der Waals surface area (Å²) >= 11 is 13.5. The SMILES string of the molecule is CCOC(=O)C1=C(C)N=c2sc(=Cc3cc(C)n(-c4ccc(Cl)cc4)c3C)c(=O)n2C1c1ccc(Cl)cc1. The van der Waals surface area contributed by atoms with E-state index < -0.39 is 12.0 Å². The summed E-state index contributed by atoms with van der Waals surface area (Å²) in [5, 5.41) is 1.24. The van der Waals surface area contributed by atoms with Crippen LogP contribution in [0.2, 0.25) is 10.0 Å². The molecule has 5 rings (SSSR count). The van der Waals surface area contributed by atoms with Crippen LogP contribution in [0, 0.1) is 13.8 Å². The van der Waals surface area contributed by atoms with Crippen LogP contribution in [0.1, 0.15) is 42.4 Å². The second kappa shape index (κ2) is 10.4. The van der Waals surface area contributed by atoms with Crippen molar-refractivity contribution in [1.82, 2.24) is 9.13 Å². The summed E-state index contributed by atoms with van der Waals surface area (Å²) < 4.78 is 9.58. The van der Waals surface area contributed by atoms with Gasteiger partial charge < -0.3 is 9.30 Å². The summed E-state index contributed by atoms with van der Waals surface area (Å²) in [6, 6.07) is 16.1. The Morgan fingerprint density at radius 2 is 1.68 bits per heavy atom. The van der Waals surface area contributed by atoms with Gasteiger partial charge in [0, 0.05) is 27.1 Å². The third-order valence-electron chi connectivity index (χ3n) is 6.54. The van der Waals surface area contributed by atoms with Crippen molar-refractivity contribution in [2.75, 3.05) is 6.61 Å². The number of carbonyl (C=O) groups is 1. The molecule has 4 aromatic rings. The number of aryl methyl sites for hydroxylation is 1. The van der Waals surface area contributed by atoms with E-state index in [2.05, 4.69) is 9.56 Å². The summed E-state index contributed by atoms with van der Waals surface area (Å²) in [7, 11) is 0. The highest BCUT2D eigenvalue weighted by atomic mass is 35.5. The molecule has 38 heavy (non-hydrogen) atoms. The van der Waals surface area contributed by atoms with Crippen molar-refractivity contribution in [3.8, 4) is 5.69 Å². The van der Waals surface area contributed by atoms with Crippen LogP contribution in [0.25, 0.3) is 11.8 Å². The average molecular weight is 567 g/mol. The first-order valence-electron chi connectivity index (χ1n) is 12.1. The lowest BCUT2D eigenvalue weighted by atomic mass is 9.96. The molecule has 9 heteroatoms. The lowest BCUT2D eigenvalue weighted by Gasteiger charge is -2.24. The quantitative estimate of drug-likeness (QED) is 0.299. The van der Waals surface area contributed by atoms with Crippen molar-refractivity contribution in [3.63, 3.8) is 0 Å². The van der Waals surface area contributed by atoms with Crippen LogP contribution < -0.4 is 14.9 Å². The van der Waals surface area contributed by atoms with E-state index in [0.717, 1.165) is 28.2 Å². The molecular formula is C29H25Cl2N3O3S. The standard InChI is InChI=1S/C29H25Cl2N3O3S/c1-5-37-28(36)25-17(3)32-29-34(26(25)19-6-8-21(30)9-7-19)27(35)24(38-29)15-20-14-16(2)33(18(20)4)23-12-10-22(31)11-13-23/h6-15,26H,5H2,1-4H3. The third kappa shape index (κ3) is 4.66. The summed E-state index contributed by atoms with van der Waals surface area (Å²) in [5.41, 5.74) is 5.33. The summed E-state index contributed by atoms with van der Waals surface area (Å²) in [4.78, 5) is 32.1. The maximum atomic E-state index is 13.9. The van der Waals surface area contributed by atoms with Gasteiger partial charge in [-0.15, -0.1) is 0 Å². The number of hydrogen-bond acceptors (Lipinski definition) is 5. The fraction of sp³-hybridized carbons (Fsp3) is 0.207. The van der Waals surface area contributed by atoms with E-state index >= 15 is 0 Å². The second-order valence-corrected chi connectivity index (χ2v) is 10.9. The van der Waals surface area contributed by atoms with E-state index in [4.69, 9.17) is 27.9 Å². The molecule has 0 radical (unpaired) electrons. The Bertz CT molecular complexity index is 1760. The number of allylic oxidation sites excluding steroid dienone is 1. The van der Waals surface area contributed by atoms with Gasteiger partial charge in [0.2, 0.25) is 0 Å². The highest BCUT2D eigenvalue weighted by Crippen LogP contribution is 2.31. The van der Waals surface area contributed by atoms with Gasteiger partial charge in [-0.1, -0.05) is 46.7 Å². The molecule has 2 aromatic carbocycles. The van der Waals surface area contributed by atoms with Crippen molar-refractivity contribution in [3.05, 3.63) is 118 Å². The Kier molecular flexibility index (Phi) is 7.18. The van der Waals surface area contributed by atoms with Crippen molar-refractivity contribution in [1.29, 1.82) is 0 Å². The first-order chi connectivity index (χ1) is 18.2. The zero-order chi connectivity index (χ0) is 27.1. The lowest BCUT2D eigenvalue weighted by Crippen LogP contribution is -2.39. The minimum Gasteiger partial charge on any atom is -0.463 e. The fourth-order valence-corrected chi connectivity index (χ4v) is 6.10. The number of halogens is 2. The molecule has 0 spiro atoms. The predicted octanol–water partition coefficient (Wildman–Crippen LogP) is 5.51. The van der Waals surface area contributed by atoms with Crippen LogP contribution in [0.3, 0.4) is 0 Å². The molecule has 0 saturated carbocycles. The number of thiazole rings is 1. The molecule has 0 amide bonds. The normalized spacial score (nSPS) is 15.4. The molecule has 1 aliphatic rings. The Balaban J connectivity index is 1.68. The minimum absolute atomic E-state index is 0.219. The van der Waals surface area contributed by atoms with E-state index in [1.807, 2.05) is 62.4 Å². The van der Waals surface area contributed by atoms with Gasteiger partial charge in [-0.2, -0.15) is 0 Å². The predicted molar refractivity (Wildman–Crippen MR) is 152 cm³/mol. The molecule has 2 aromatic heterocycles. The molecule has 3 heterocycles. The van der Waals surface area contributed by atoms with E-state index in [0.29, 0.717) is 30.6 Å². The Morgan fingerprint density at radius 3 is 2.32 bits per heavy atom. The first-order valence-corrected chi connectivity index (χ1v) is 13.7. The van der Waals surface area contributed by atoms with Gasteiger partial charge in [-0.3, -0.25) is 9.36 Å². The van der Waals surface area contributed by atoms with Gasteiger partial charge in [0.05, 0.1) is 28.5 Å². The van der Waals surface area contributed by atoms with Gasteiger partial charge in [0.15, 0.2) is 4.80 Å². The topological polar surface area (TPSA) is 65.6 Å². The maximum Gasteiger partial charge on any atom is 0.338 e. The van der Waals surface area contributed by atoms with Gasteiger partial charge in [-0.05, 0) is 87.4 Å². The molecule has 0 fully saturated rings. The Labute approximate surface area is 233 Å². The smallest absolute Gasteiger partial charge is 0.338 e. The summed E-state index contributed by atoms with van der Waals surface area (Å²) in [6.45, 7) is 7.78. The Hall–Kier alpha value is -3.39.